The molecule has 0 aromatic heterocycles. The molecule has 2 rings (SSSR count). The van der Waals surface area contributed by atoms with Crippen LogP contribution in [-0.4, -0.2) is 30.1 Å². The minimum absolute atomic E-state index is 0.107. The zero-order chi connectivity index (χ0) is 15.6. The average molecular weight is 292 g/mol. The Balaban J connectivity index is 2.21. The molecule has 4 nitrogen and oxygen atoms in total. The number of allylic oxidation sites excluding steroid dienone is 2. The van der Waals surface area contributed by atoms with Crippen LogP contribution in [-0.2, 0) is 19.1 Å². The van der Waals surface area contributed by atoms with Gasteiger partial charge in [0.05, 0.1) is 11.7 Å². The molecule has 0 amide bonds. The molecule has 2 atom stereocenters. The third-order valence-corrected chi connectivity index (χ3v) is 4.34. The van der Waals surface area contributed by atoms with Crippen LogP contribution < -0.4 is 0 Å². The van der Waals surface area contributed by atoms with Crippen molar-refractivity contribution in [2.75, 3.05) is 6.61 Å². The lowest BCUT2D eigenvalue weighted by atomic mass is 9.89. The molecule has 1 fully saturated rings. The molecule has 0 aromatic carbocycles. The van der Waals surface area contributed by atoms with Gasteiger partial charge in [0, 0.05) is 25.3 Å². The molecular formula is C17H24O4. The summed E-state index contributed by atoms with van der Waals surface area (Å²) in [5, 5.41) is 0. The summed E-state index contributed by atoms with van der Waals surface area (Å²) in [5.41, 5.74) is 2.59. The number of Topliss-reactive ketones (excluding diaryl/α,β-unsaturated/α-hetero) is 1. The van der Waals surface area contributed by atoms with E-state index in [0.717, 1.165) is 29.6 Å². The fourth-order valence-corrected chi connectivity index (χ4v) is 2.81. The van der Waals surface area contributed by atoms with Gasteiger partial charge >= 0.3 is 5.97 Å². The van der Waals surface area contributed by atoms with Gasteiger partial charge in [-0.2, -0.15) is 0 Å². The third kappa shape index (κ3) is 4.03. The Labute approximate surface area is 126 Å². The van der Waals surface area contributed by atoms with Crippen LogP contribution in [0.2, 0.25) is 0 Å². The van der Waals surface area contributed by atoms with E-state index < -0.39 is 0 Å². The molecule has 1 heterocycles. The van der Waals surface area contributed by atoms with Crippen LogP contribution in [0.1, 0.15) is 53.4 Å². The molecule has 4 heteroatoms. The summed E-state index contributed by atoms with van der Waals surface area (Å²) in [6.45, 7) is 7.52. The molecule has 0 aromatic rings. The van der Waals surface area contributed by atoms with Crippen LogP contribution in [0.25, 0.3) is 0 Å². The first-order valence-electron chi connectivity index (χ1n) is 7.50. The molecule has 21 heavy (non-hydrogen) atoms. The predicted octanol–water partition coefficient (Wildman–Crippen LogP) is 3.11. The molecule has 0 N–H and O–H groups in total. The summed E-state index contributed by atoms with van der Waals surface area (Å²) in [5.74, 6) is -0.209. The summed E-state index contributed by atoms with van der Waals surface area (Å²) in [6.07, 6.45) is 5.24. The number of ketones is 1. The predicted molar refractivity (Wildman–Crippen MR) is 79.8 cm³/mol. The van der Waals surface area contributed by atoms with Gasteiger partial charge in [0.2, 0.25) is 0 Å². The lowest BCUT2D eigenvalue weighted by molar-refractivity contribution is -0.140. The molecule has 2 aliphatic rings. The third-order valence-electron chi connectivity index (χ3n) is 4.34. The summed E-state index contributed by atoms with van der Waals surface area (Å²) in [6, 6.07) is 0. The van der Waals surface area contributed by atoms with Crippen LogP contribution >= 0.6 is 0 Å². The first-order chi connectivity index (χ1) is 9.82. The van der Waals surface area contributed by atoms with Crippen molar-refractivity contribution < 1.29 is 19.1 Å². The topological polar surface area (TPSA) is 55.9 Å². The number of esters is 1. The molecular weight excluding hydrogens is 268 g/mol. The number of carbonyl (C=O) groups excluding carboxylic acids is 2. The number of carbonyl (C=O) groups is 2. The standard InChI is InChI=1S/C17H24O4/c1-11-6-5-7-17(4)16(21-17)9-14(15(19)8-11)12(2)10-20-13(3)18/h6,16H,5,7-10H2,1-4H3/b11-6?,14-12+/t16-,17-/m0/s1. The summed E-state index contributed by atoms with van der Waals surface area (Å²) >= 11 is 0. The van der Waals surface area contributed by atoms with Crippen molar-refractivity contribution in [1.82, 2.24) is 0 Å². The Kier molecular flexibility index (Phi) is 4.67. The highest BCUT2D eigenvalue weighted by molar-refractivity contribution is 5.97. The molecule has 1 saturated heterocycles. The highest BCUT2D eigenvalue weighted by Gasteiger charge is 2.51. The Morgan fingerprint density at radius 1 is 1.48 bits per heavy atom. The van der Waals surface area contributed by atoms with E-state index in [1.165, 1.54) is 6.92 Å². The number of hydrogen-bond acceptors (Lipinski definition) is 4. The maximum Gasteiger partial charge on any atom is 0.302 e. The lowest BCUT2D eigenvalue weighted by Crippen LogP contribution is -2.17. The zero-order valence-electron chi connectivity index (χ0n) is 13.3. The molecule has 116 valence electrons. The summed E-state index contributed by atoms with van der Waals surface area (Å²) in [4.78, 5) is 23.5. The smallest absolute Gasteiger partial charge is 0.302 e. The van der Waals surface area contributed by atoms with Crippen molar-refractivity contribution in [2.24, 2.45) is 0 Å². The first kappa shape index (κ1) is 16.0. The molecule has 0 saturated carbocycles. The summed E-state index contributed by atoms with van der Waals surface area (Å²) < 4.78 is 10.8. The minimum Gasteiger partial charge on any atom is -0.461 e. The maximum atomic E-state index is 12.5. The molecule has 0 radical (unpaired) electrons. The van der Waals surface area contributed by atoms with E-state index in [1.807, 2.05) is 13.8 Å². The van der Waals surface area contributed by atoms with Gasteiger partial charge in [-0.1, -0.05) is 11.6 Å². The van der Waals surface area contributed by atoms with E-state index >= 15 is 0 Å². The van der Waals surface area contributed by atoms with Crippen LogP contribution in [0, 0.1) is 0 Å². The van der Waals surface area contributed by atoms with Gasteiger partial charge in [-0.05, 0) is 39.2 Å². The Morgan fingerprint density at radius 2 is 2.19 bits per heavy atom. The van der Waals surface area contributed by atoms with Gasteiger partial charge in [-0.25, -0.2) is 0 Å². The van der Waals surface area contributed by atoms with E-state index in [9.17, 15) is 9.59 Å². The lowest BCUT2D eigenvalue weighted by Gasteiger charge is -2.14. The van der Waals surface area contributed by atoms with E-state index in [-0.39, 0.29) is 30.1 Å². The van der Waals surface area contributed by atoms with E-state index in [4.69, 9.17) is 9.47 Å². The number of fused-ring (bicyclic) bond motifs is 1. The number of hydrogen-bond donors (Lipinski definition) is 0. The SMILES string of the molecule is CC(=O)OC/C(C)=C1\C[C@@H]2O[C@@]2(C)CCC=C(C)CC1=O. The van der Waals surface area contributed by atoms with Crippen LogP contribution in [0.5, 0.6) is 0 Å². The number of epoxide rings is 1. The monoisotopic (exact) mass is 292 g/mol. The Morgan fingerprint density at radius 3 is 2.86 bits per heavy atom. The van der Waals surface area contributed by atoms with Crippen LogP contribution in [0.4, 0.5) is 0 Å². The first-order valence-corrected chi connectivity index (χ1v) is 7.50. The van der Waals surface area contributed by atoms with Crippen molar-refractivity contribution in [3.63, 3.8) is 0 Å². The molecule has 1 aliphatic heterocycles. The van der Waals surface area contributed by atoms with Gasteiger partial charge in [0.25, 0.3) is 0 Å². The van der Waals surface area contributed by atoms with E-state index in [2.05, 4.69) is 13.0 Å². The van der Waals surface area contributed by atoms with Crippen LogP contribution in [0.15, 0.2) is 22.8 Å². The van der Waals surface area contributed by atoms with Gasteiger partial charge in [-0.3, -0.25) is 9.59 Å². The second kappa shape index (κ2) is 6.14. The number of ether oxygens (including phenoxy) is 2. The quantitative estimate of drug-likeness (QED) is 0.339. The van der Waals surface area contributed by atoms with Crippen molar-refractivity contribution >= 4 is 11.8 Å². The highest BCUT2D eigenvalue weighted by atomic mass is 16.6. The number of rotatable bonds is 2. The van der Waals surface area contributed by atoms with Crippen molar-refractivity contribution in [3.05, 3.63) is 22.8 Å². The van der Waals surface area contributed by atoms with Gasteiger partial charge in [-0.15, -0.1) is 0 Å². The summed E-state index contributed by atoms with van der Waals surface area (Å²) in [7, 11) is 0. The normalized spacial score (nSPS) is 31.9. The highest BCUT2D eigenvalue weighted by Crippen LogP contribution is 2.45. The van der Waals surface area contributed by atoms with Crippen molar-refractivity contribution in [3.8, 4) is 0 Å². The average Bonchev–Trinajstić information content (AvgIpc) is 3.03. The second-order valence-corrected chi connectivity index (χ2v) is 6.35. The second-order valence-electron chi connectivity index (χ2n) is 6.35. The molecule has 1 aliphatic carbocycles. The molecule has 0 bridgehead atoms. The van der Waals surface area contributed by atoms with E-state index in [0.29, 0.717) is 12.8 Å². The minimum atomic E-state index is -0.328. The Hall–Kier alpha value is -1.42. The van der Waals surface area contributed by atoms with Crippen molar-refractivity contribution in [1.29, 1.82) is 0 Å². The van der Waals surface area contributed by atoms with Gasteiger partial charge in [0.15, 0.2) is 5.78 Å². The van der Waals surface area contributed by atoms with Crippen molar-refractivity contribution in [2.45, 2.75) is 65.1 Å². The van der Waals surface area contributed by atoms with E-state index in [1.54, 1.807) is 0 Å². The Bertz CT molecular complexity index is 515. The zero-order valence-corrected chi connectivity index (χ0v) is 13.3. The molecule has 0 spiro atoms. The molecule has 0 unspecified atom stereocenters. The van der Waals surface area contributed by atoms with Gasteiger partial charge < -0.3 is 9.47 Å². The largest absolute Gasteiger partial charge is 0.461 e. The fraction of sp³-hybridized carbons (Fsp3) is 0.647. The maximum absolute atomic E-state index is 12.5. The fourth-order valence-electron chi connectivity index (χ4n) is 2.81. The van der Waals surface area contributed by atoms with Gasteiger partial charge in [0.1, 0.15) is 6.61 Å². The van der Waals surface area contributed by atoms with Crippen LogP contribution in [0.3, 0.4) is 0 Å².